The van der Waals surface area contributed by atoms with Gasteiger partial charge in [0.05, 0.1) is 23.2 Å². The van der Waals surface area contributed by atoms with Gasteiger partial charge in [0, 0.05) is 34.6 Å². The van der Waals surface area contributed by atoms with Crippen LogP contribution in [0.3, 0.4) is 0 Å². The van der Waals surface area contributed by atoms with E-state index in [4.69, 9.17) is 4.74 Å². The van der Waals surface area contributed by atoms with Crippen molar-refractivity contribution in [1.82, 2.24) is 4.90 Å². The largest absolute Gasteiger partial charge is 0.494 e. The Balaban J connectivity index is 1.44. The van der Waals surface area contributed by atoms with Crippen LogP contribution in [0.1, 0.15) is 50.2 Å². The summed E-state index contributed by atoms with van der Waals surface area (Å²) in [7, 11) is 0. The molecular weight excluding hydrogens is 618 g/mol. The maximum atomic E-state index is 14.3. The summed E-state index contributed by atoms with van der Waals surface area (Å²) in [6.07, 6.45) is 3.80. The fraction of sp³-hybridized carbons (Fsp3) is 0.531. The Morgan fingerprint density at radius 1 is 1.05 bits per heavy atom. The first-order valence-corrected chi connectivity index (χ1v) is 16.7. The van der Waals surface area contributed by atoms with E-state index in [9.17, 15) is 19.5 Å². The number of halogens is 1. The van der Waals surface area contributed by atoms with Crippen molar-refractivity contribution in [2.24, 2.45) is 11.8 Å². The number of aliphatic hydroxyl groups is 1. The minimum Gasteiger partial charge on any atom is -0.494 e. The van der Waals surface area contributed by atoms with Gasteiger partial charge in [-0.3, -0.25) is 14.4 Å². The molecule has 3 saturated heterocycles. The molecule has 0 radical (unpaired) electrons. The van der Waals surface area contributed by atoms with E-state index in [1.54, 1.807) is 28.8 Å². The molecule has 3 amide bonds. The second kappa shape index (κ2) is 13.0. The summed E-state index contributed by atoms with van der Waals surface area (Å²) >= 11 is 5.47. The van der Waals surface area contributed by atoms with Crippen LogP contribution in [0.2, 0.25) is 0 Å². The Bertz CT molecular complexity index is 1300. The zero-order valence-electron chi connectivity index (χ0n) is 24.4. The number of hydrogen-bond acceptors (Lipinski definition) is 6. The number of para-hydroxylation sites is 1. The predicted molar refractivity (Wildman–Crippen MR) is 170 cm³/mol. The first-order valence-electron chi connectivity index (χ1n) is 14.9. The van der Waals surface area contributed by atoms with Gasteiger partial charge < -0.3 is 25.4 Å². The number of nitrogens with zero attached hydrogens (tertiary/aromatic N) is 1. The van der Waals surface area contributed by atoms with E-state index in [0.29, 0.717) is 31.7 Å². The van der Waals surface area contributed by atoms with Crippen molar-refractivity contribution in [1.29, 1.82) is 0 Å². The van der Waals surface area contributed by atoms with Crippen LogP contribution in [0.15, 0.2) is 42.5 Å². The molecule has 3 N–H and O–H groups in total. The van der Waals surface area contributed by atoms with Gasteiger partial charge in [-0.05, 0) is 75.4 Å². The number of aryl methyl sites for hydroxylation is 2. The van der Waals surface area contributed by atoms with Crippen LogP contribution in [-0.4, -0.2) is 68.4 Å². The molecule has 0 aliphatic carbocycles. The van der Waals surface area contributed by atoms with Crippen molar-refractivity contribution in [3.05, 3.63) is 53.6 Å². The number of amides is 3. The number of carbonyl (C=O) groups excluding carboxylic acids is 3. The fourth-order valence-corrected chi connectivity index (χ4v) is 10.6. The second-order valence-corrected chi connectivity index (χ2v) is 14.3. The van der Waals surface area contributed by atoms with Crippen molar-refractivity contribution >= 4 is 56.8 Å². The lowest BCUT2D eigenvalue weighted by atomic mass is 9.70. The van der Waals surface area contributed by atoms with Gasteiger partial charge in [-0.25, -0.2) is 0 Å². The average molecular weight is 659 g/mol. The highest BCUT2D eigenvalue weighted by Gasteiger charge is 2.75. The summed E-state index contributed by atoms with van der Waals surface area (Å²) in [4.78, 5) is 44.1. The van der Waals surface area contributed by atoms with Crippen LogP contribution in [0, 0.1) is 25.7 Å². The Kier molecular flexibility index (Phi) is 9.54. The van der Waals surface area contributed by atoms with Crippen LogP contribution in [0.25, 0.3) is 0 Å². The number of hydrogen-bond donors (Lipinski definition) is 3. The number of likely N-dealkylation sites (tertiary alicyclic amines) is 1. The number of nitrogens with one attached hydrogen (secondary N) is 2. The molecule has 5 rings (SSSR count). The predicted octanol–water partition coefficient (Wildman–Crippen LogP) is 5.30. The number of anilines is 2. The summed E-state index contributed by atoms with van der Waals surface area (Å²) in [5.74, 6) is -0.931. The van der Waals surface area contributed by atoms with Crippen molar-refractivity contribution in [3.8, 4) is 5.75 Å². The molecule has 3 heterocycles. The molecule has 8 nitrogen and oxygen atoms in total. The van der Waals surface area contributed by atoms with Crippen LogP contribution in [0.4, 0.5) is 11.4 Å². The molecule has 3 aliphatic rings. The Labute approximate surface area is 260 Å². The lowest BCUT2D eigenvalue weighted by Crippen LogP contribution is -2.53. The highest BCUT2D eigenvalue weighted by atomic mass is 79.9. The molecule has 2 bridgehead atoms. The van der Waals surface area contributed by atoms with Crippen LogP contribution in [-0.2, 0) is 14.4 Å². The number of thioether (sulfide) groups is 1. The van der Waals surface area contributed by atoms with E-state index in [1.165, 1.54) is 0 Å². The summed E-state index contributed by atoms with van der Waals surface area (Å²) in [6.45, 7) is 6.99. The van der Waals surface area contributed by atoms with Crippen LogP contribution >= 0.6 is 27.7 Å². The number of carbonyl (C=O) groups is 3. The topological polar surface area (TPSA) is 108 Å². The number of ether oxygens (including phenoxy) is 1. The van der Waals surface area contributed by atoms with Gasteiger partial charge in [-0.15, -0.1) is 11.8 Å². The lowest BCUT2D eigenvalue weighted by Gasteiger charge is -2.35. The first-order chi connectivity index (χ1) is 20.2. The van der Waals surface area contributed by atoms with Crippen molar-refractivity contribution in [3.63, 3.8) is 0 Å². The molecule has 3 unspecified atom stereocenters. The molecule has 0 saturated carbocycles. The molecule has 42 heavy (non-hydrogen) atoms. The number of alkyl halides is 1. The highest BCUT2D eigenvalue weighted by molar-refractivity contribution is 9.09. The SMILES string of the molecule is CCOc1ccc(NC(=O)[C@H]2[C@H]3C(=O)N(CCCCCCO)C(C(=O)Nc4c(C)cccc4C)C34CC(Br)[C@@H]2S4)cc1. The number of unbranched alkanes of at least 4 members (excludes halogenated alkanes) is 3. The highest BCUT2D eigenvalue weighted by Crippen LogP contribution is 2.67. The zero-order valence-corrected chi connectivity index (χ0v) is 26.8. The van der Waals surface area contributed by atoms with E-state index in [-0.39, 0.29) is 34.4 Å². The molecular formula is C32H40BrN3O5S. The van der Waals surface area contributed by atoms with Gasteiger partial charge in [-0.1, -0.05) is 47.0 Å². The van der Waals surface area contributed by atoms with Crippen molar-refractivity contribution in [2.75, 3.05) is 30.4 Å². The second-order valence-electron chi connectivity index (χ2n) is 11.5. The van der Waals surface area contributed by atoms with Gasteiger partial charge in [0.2, 0.25) is 17.7 Å². The molecule has 226 valence electrons. The van der Waals surface area contributed by atoms with Gasteiger partial charge in [-0.2, -0.15) is 0 Å². The van der Waals surface area contributed by atoms with Crippen LogP contribution < -0.4 is 15.4 Å². The Morgan fingerprint density at radius 3 is 2.40 bits per heavy atom. The third kappa shape index (κ3) is 5.69. The smallest absolute Gasteiger partial charge is 0.248 e. The molecule has 2 aromatic rings. The zero-order chi connectivity index (χ0) is 30.0. The van der Waals surface area contributed by atoms with E-state index in [1.807, 2.05) is 51.1 Å². The van der Waals surface area contributed by atoms with E-state index in [2.05, 4.69) is 26.6 Å². The number of fused-ring (bicyclic) bond motifs is 1. The molecule has 3 aliphatic heterocycles. The van der Waals surface area contributed by atoms with E-state index < -0.39 is 22.6 Å². The third-order valence-corrected chi connectivity index (χ3v) is 12.0. The Morgan fingerprint density at radius 2 is 1.74 bits per heavy atom. The number of aliphatic hydroxyl groups excluding tert-OH is 1. The molecule has 1 spiro atoms. The average Bonchev–Trinajstić information content (AvgIpc) is 3.55. The Hall–Kier alpha value is -2.56. The maximum Gasteiger partial charge on any atom is 0.248 e. The minimum atomic E-state index is -0.706. The van der Waals surface area contributed by atoms with Crippen molar-refractivity contribution in [2.45, 2.75) is 73.7 Å². The number of benzene rings is 2. The molecule has 6 atom stereocenters. The lowest BCUT2D eigenvalue weighted by molar-refractivity contribution is -0.138. The monoisotopic (exact) mass is 657 g/mol. The summed E-state index contributed by atoms with van der Waals surface area (Å²) < 4.78 is 4.82. The molecule has 10 heteroatoms. The van der Waals surface area contributed by atoms with Gasteiger partial charge in [0.15, 0.2) is 0 Å². The van der Waals surface area contributed by atoms with E-state index in [0.717, 1.165) is 41.8 Å². The van der Waals surface area contributed by atoms with Crippen LogP contribution in [0.5, 0.6) is 5.75 Å². The maximum absolute atomic E-state index is 14.3. The summed E-state index contributed by atoms with van der Waals surface area (Å²) in [5.41, 5.74) is 3.35. The first kappa shape index (κ1) is 30.9. The normalized spacial score (nSPS) is 27.7. The minimum absolute atomic E-state index is 0.00244. The summed E-state index contributed by atoms with van der Waals surface area (Å²) in [6, 6.07) is 12.5. The van der Waals surface area contributed by atoms with Crippen molar-refractivity contribution < 1.29 is 24.2 Å². The molecule has 2 aromatic carbocycles. The molecule has 0 aromatic heterocycles. The van der Waals surface area contributed by atoms with E-state index >= 15 is 0 Å². The van der Waals surface area contributed by atoms with Gasteiger partial charge in [0.25, 0.3) is 0 Å². The van der Waals surface area contributed by atoms with Gasteiger partial charge in [0.1, 0.15) is 11.8 Å². The van der Waals surface area contributed by atoms with Gasteiger partial charge >= 0.3 is 0 Å². The third-order valence-electron chi connectivity index (χ3n) is 8.81. The molecule has 3 fully saturated rings. The number of rotatable bonds is 12. The summed E-state index contributed by atoms with van der Waals surface area (Å²) in [5, 5.41) is 15.3. The quantitative estimate of drug-likeness (QED) is 0.211. The fourth-order valence-electron chi connectivity index (χ4n) is 6.95. The standard InChI is InChI=1S/C32H40BrN3O5S/c1-4-41-22-14-12-21(13-15-22)34-29(38)24-25-31(40)36(16-7-5-6-8-17-37)28(32(25)18-23(33)27(24)42-32)30(39)35-26-19(2)10-9-11-20(26)3/h9-15,23-25,27-28,37H,4-8,16-18H2,1-3H3,(H,34,38)(H,35,39)/t23?,24-,25-,27-,28?,32?/m0/s1.